The number of hydrogen-bond acceptors (Lipinski definition) is 3. The number of ketones is 1. The summed E-state index contributed by atoms with van der Waals surface area (Å²) in [5.41, 5.74) is 0.779. The molecule has 1 fully saturated rings. The quantitative estimate of drug-likeness (QED) is 0.835. The maximum Gasteiger partial charge on any atom is 0.164 e. The lowest BCUT2D eigenvalue weighted by molar-refractivity contribution is 0.0960. The third-order valence-corrected chi connectivity index (χ3v) is 3.69. The second-order valence-corrected chi connectivity index (χ2v) is 6.01. The number of Topliss-reactive ketones (excluding diaryl/α,β-unsaturated/α-hetero) is 1. The Hall–Kier alpha value is -1.35. The number of rotatable bonds is 5. The lowest BCUT2D eigenvalue weighted by Gasteiger charge is -2.28. The van der Waals surface area contributed by atoms with Crippen LogP contribution in [0.5, 0.6) is 5.75 Å². The number of piperidine rings is 1. The van der Waals surface area contributed by atoms with Crippen molar-refractivity contribution < 1.29 is 9.53 Å². The van der Waals surface area contributed by atoms with E-state index in [1.54, 1.807) is 0 Å². The van der Waals surface area contributed by atoms with Gasteiger partial charge in [-0.3, -0.25) is 4.79 Å². The molecule has 20 heavy (non-hydrogen) atoms. The van der Waals surface area contributed by atoms with E-state index in [4.69, 9.17) is 4.74 Å². The Morgan fingerprint density at radius 3 is 2.60 bits per heavy atom. The van der Waals surface area contributed by atoms with E-state index in [0.717, 1.165) is 17.7 Å². The third kappa shape index (κ3) is 4.34. The van der Waals surface area contributed by atoms with Gasteiger partial charge in [0.15, 0.2) is 5.78 Å². The molecule has 2 atom stereocenters. The monoisotopic (exact) mass is 275 g/mol. The molecule has 0 radical (unpaired) electrons. The molecule has 0 spiro atoms. The molecule has 3 nitrogen and oxygen atoms in total. The first-order valence-corrected chi connectivity index (χ1v) is 7.60. The van der Waals surface area contributed by atoms with Crippen LogP contribution in [0.4, 0.5) is 0 Å². The molecular weight excluding hydrogens is 250 g/mol. The van der Waals surface area contributed by atoms with E-state index in [0.29, 0.717) is 18.5 Å². The van der Waals surface area contributed by atoms with Gasteiger partial charge < -0.3 is 10.1 Å². The van der Waals surface area contributed by atoms with E-state index in [1.165, 1.54) is 12.8 Å². The second-order valence-electron chi connectivity index (χ2n) is 6.01. The molecule has 1 heterocycles. The van der Waals surface area contributed by atoms with Gasteiger partial charge in [-0.1, -0.05) is 6.42 Å². The SMILES string of the molecule is CC1CCCC(CC(=O)c2ccc(OC(C)C)cc2)N1. The minimum Gasteiger partial charge on any atom is -0.491 e. The Morgan fingerprint density at radius 2 is 2.00 bits per heavy atom. The fourth-order valence-corrected chi connectivity index (χ4v) is 2.73. The minimum atomic E-state index is 0.157. The molecule has 1 aromatic rings. The topological polar surface area (TPSA) is 38.3 Å². The van der Waals surface area contributed by atoms with Crippen LogP contribution in [0, 0.1) is 0 Å². The Bertz CT molecular complexity index is 439. The molecule has 1 aliphatic heterocycles. The molecule has 1 saturated heterocycles. The number of benzene rings is 1. The molecule has 1 aromatic carbocycles. The van der Waals surface area contributed by atoms with Crippen LogP contribution < -0.4 is 10.1 Å². The summed E-state index contributed by atoms with van der Waals surface area (Å²) in [6.45, 7) is 6.18. The molecule has 2 unspecified atom stereocenters. The van der Waals surface area contributed by atoms with E-state index in [1.807, 2.05) is 38.1 Å². The van der Waals surface area contributed by atoms with Gasteiger partial charge in [0.2, 0.25) is 0 Å². The van der Waals surface area contributed by atoms with Crippen LogP contribution in [0.3, 0.4) is 0 Å². The van der Waals surface area contributed by atoms with E-state index < -0.39 is 0 Å². The van der Waals surface area contributed by atoms with Crippen LogP contribution in [0.25, 0.3) is 0 Å². The van der Waals surface area contributed by atoms with Crippen molar-refractivity contribution in [2.45, 2.75) is 64.6 Å². The summed E-state index contributed by atoms with van der Waals surface area (Å²) < 4.78 is 5.59. The first kappa shape index (κ1) is 15.0. The number of carbonyl (C=O) groups is 1. The Balaban J connectivity index is 1.91. The van der Waals surface area contributed by atoms with Crippen LogP contribution in [-0.4, -0.2) is 24.0 Å². The van der Waals surface area contributed by atoms with Crippen molar-refractivity contribution in [1.29, 1.82) is 0 Å². The predicted molar refractivity (Wildman–Crippen MR) is 81.4 cm³/mol. The van der Waals surface area contributed by atoms with Crippen LogP contribution in [0.1, 0.15) is 56.8 Å². The highest BCUT2D eigenvalue weighted by Gasteiger charge is 2.20. The summed E-state index contributed by atoms with van der Waals surface area (Å²) in [5.74, 6) is 1.04. The molecule has 1 aliphatic rings. The lowest BCUT2D eigenvalue weighted by Crippen LogP contribution is -2.41. The van der Waals surface area contributed by atoms with Crippen LogP contribution in [0.15, 0.2) is 24.3 Å². The van der Waals surface area contributed by atoms with Gasteiger partial charge in [-0.05, 0) is 57.9 Å². The van der Waals surface area contributed by atoms with Crippen LogP contribution >= 0.6 is 0 Å². The maximum absolute atomic E-state index is 12.3. The standard InChI is InChI=1S/C17H25NO2/c1-12(2)20-16-9-7-14(8-10-16)17(19)11-15-6-4-5-13(3)18-15/h7-10,12-13,15,18H,4-6,11H2,1-3H3. The molecule has 0 saturated carbocycles. The predicted octanol–water partition coefficient (Wildman–Crippen LogP) is 3.58. The zero-order chi connectivity index (χ0) is 14.5. The summed E-state index contributed by atoms with van der Waals surface area (Å²) in [4.78, 5) is 12.3. The van der Waals surface area contributed by atoms with Crippen molar-refractivity contribution in [2.75, 3.05) is 0 Å². The average Bonchev–Trinajstić information content (AvgIpc) is 2.38. The molecule has 0 amide bonds. The summed E-state index contributed by atoms with van der Waals surface area (Å²) in [5, 5.41) is 3.51. The zero-order valence-corrected chi connectivity index (χ0v) is 12.7. The number of nitrogens with one attached hydrogen (secondary N) is 1. The molecule has 110 valence electrons. The smallest absolute Gasteiger partial charge is 0.164 e. The molecule has 0 aromatic heterocycles. The fourth-order valence-electron chi connectivity index (χ4n) is 2.73. The van der Waals surface area contributed by atoms with Crippen molar-refractivity contribution >= 4 is 5.78 Å². The van der Waals surface area contributed by atoms with Crippen molar-refractivity contribution in [3.05, 3.63) is 29.8 Å². The minimum absolute atomic E-state index is 0.157. The first-order valence-electron chi connectivity index (χ1n) is 7.60. The van der Waals surface area contributed by atoms with Crippen molar-refractivity contribution in [3.8, 4) is 5.75 Å². The number of carbonyl (C=O) groups excluding carboxylic acids is 1. The first-order chi connectivity index (χ1) is 9.54. The van der Waals surface area contributed by atoms with Gasteiger partial charge in [-0.15, -0.1) is 0 Å². The summed E-state index contributed by atoms with van der Waals surface area (Å²) in [6.07, 6.45) is 4.28. The molecule has 1 N–H and O–H groups in total. The summed E-state index contributed by atoms with van der Waals surface area (Å²) in [7, 11) is 0. The average molecular weight is 275 g/mol. The largest absolute Gasteiger partial charge is 0.491 e. The highest BCUT2D eigenvalue weighted by Crippen LogP contribution is 2.19. The Labute approximate surface area is 121 Å². The number of hydrogen-bond donors (Lipinski definition) is 1. The zero-order valence-electron chi connectivity index (χ0n) is 12.7. The highest BCUT2D eigenvalue weighted by molar-refractivity contribution is 5.96. The van der Waals surface area contributed by atoms with E-state index in [-0.39, 0.29) is 11.9 Å². The fraction of sp³-hybridized carbons (Fsp3) is 0.588. The molecule has 0 aliphatic carbocycles. The lowest BCUT2D eigenvalue weighted by atomic mass is 9.94. The van der Waals surface area contributed by atoms with Gasteiger partial charge >= 0.3 is 0 Å². The third-order valence-electron chi connectivity index (χ3n) is 3.69. The second kappa shape index (κ2) is 6.89. The van der Waals surface area contributed by atoms with Gasteiger partial charge in [0.25, 0.3) is 0 Å². The van der Waals surface area contributed by atoms with Gasteiger partial charge in [0.1, 0.15) is 5.75 Å². The van der Waals surface area contributed by atoms with Gasteiger partial charge in [0.05, 0.1) is 6.10 Å². The maximum atomic E-state index is 12.3. The van der Waals surface area contributed by atoms with Crippen molar-refractivity contribution in [3.63, 3.8) is 0 Å². The van der Waals surface area contributed by atoms with Crippen LogP contribution in [0.2, 0.25) is 0 Å². The molecule has 0 bridgehead atoms. The summed E-state index contributed by atoms with van der Waals surface area (Å²) >= 11 is 0. The summed E-state index contributed by atoms with van der Waals surface area (Å²) in [6, 6.07) is 8.36. The highest BCUT2D eigenvalue weighted by atomic mass is 16.5. The Morgan fingerprint density at radius 1 is 1.30 bits per heavy atom. The van der Waals surface area contributed by atoms with Crippen molar-refractivity contribution in [2.24, 2.45) is 0 Å². The Kier molecular flexibility index (Phi) is 5.18. The van der Waals surface area contributed by atoms with Crippen LogP contribution in [-0.2, 0) is 0 Å². The van der Waals surface area contributed by atoms with E-state index in [9.17, 15) is 4.79 Å². The van der Waals surface area contributed by atoms with Gasteiger partial charge in [0, 0.05) is 24.1 Å². The van der Waals surface area contributed by atoms with Crippen molar-refractivity contribution in [1.82, 2.24) is 5.32 Å². The van der Waals surface area contributed by atoms with Gasteiger partial charge in [-0.25, -0.2) is 0 Å². The number of ether oxygens (including phenoxy) is 1. The molecular formula is C17H25NO2. The molecule has 2 rings (SSSR count). The normalized spacial score (nSPS) is 22.8. The van der Waals surface area contributed by atoms with E-state index >= 15 is 0 Å². The van der Waals surface area contributed by atoms with E-state index in [2.05, 4.69) is 12.2 Å². The van der Waals surface area contributed by atoms with Gasteiger partial charge in [-0.2, -0.15) is 0 Å². The molecule has 3 heteroatoms.